The maximum atomic E-state index is 11.3. The maximum Gasteiger partial charge on any atom is 0.310 e. The summed E-state index contributed by atoms with van der Waals surface area (Å²) in [5, 5.41) is 16.7. The van der Waals surface area contributed by atoms with Crippen LogP contribution in [0.3, 0.4) is 0 Å². The summed E-state index contributed by atoms with van der Waals surface area (Å²) in [6, 6.07) is 3.70. The number of Topliss-reactive ketones (excluding diaryl/α,β-unsaturated/α-hetero) is 1. The number of carboxylic acids is 1. The van der Waals surface area contributed by atoms with Crippen LogP contribution < -0.4 is 21.7 Å². The molecule has 0 aliphatic carbocycles. The van der Waals surface area contributed by atoms with Crippen molar-refractivity contribution in [1.82, 2.24) is 5.32 Å². The first-order valence-corrected chi connectivity index (χ1v) is 9.08. The second-order valence-electron chi connectivity index (χ2n) is 5.91. The molecule has 12 heteroatoms. The number of benzene rings is 1. The molecule has 6 N–H and O–H groups in total. The zero-order valence-corrected chi connectivity index (χ0v) is 17.7. The fourth-order valence-electron chi connectivity index (χ4n) is 2.37. The van der Waals surface area contributed by atoms with E-state index >= 15 is 0 Å². The van der Waals surface area contributed by atoms with E-state index in [4.69, 9.17) is 20.3 Å². The van der Waals surface area contributed by atoms with E-state index in [0.29, 0.717) is 0 Å². The summed E-state index contributed by atoms with van der Waals surface area (Å²) in [7, 11) is 3.13. The lowest BCUT2D eigenvalue weighted by Crippen LogP contribution is -2.46. The van der Waals surface area contributed by atoms with Gasteiger partial charge in [-0.1, -0.05) is 15.9 Å². The summed E-state index contributed by atoms with van der Waals surface area (Å²) in [6.07, 6.45) is -1.12. The molecule has 160 valence electrons. The molecule has 0 aromatic heterocycles. The third-order valence-electron chi connectivity index (χ3n) is 3.62. The SMILES string of the molecule is CC(=O)CC(=O)O.COC1Nc2cc(Br)cc(CNC(=O)C(N)=O)c2NC1OC. The fourth-order valence-corrected chi connectivity index (χ4v) is 2.88. The smallest absolute Gasteiger partial charge is 0.310 e. The van der Waals surface area contributed by atoms with Gasteiger partial charge in [0, 0.05) is 25.2 Å². The largest absolute Gasteiger partial charge is 0.481 e. The highest BCUT2D eigenvalue weighted by Gasteiger charge is 2.29. The van der Waals surface area contributed by atoms with E-state index in [1.807, 2.05) is 12.1 Å². The molecule has 2 amide bonds. The van der Waals surface area contributed by atoms with Gasteiger partial charge in [0.25, 0.3) is 0 Å². The van der Waals surface area contributed by atoms with E-state index in [2.05, 4.69) is 31.9 Å². The van der Waals surface area contributed by atoms with Gasteiger partial charge in [0.05, 0.1) is 11.4 Å². The molecule has 0 radical (unpaired) electrons. The highest BCUT2D eigenvalue weighted by molar-refractivity contribution is 9.10. The predicted molar refractivity (Wildman–Crippen MR) is 107 cm³/mol. The third-order valence-corrected chi connectivity index (χ3v) is 4.07. The number of methoxy groups -OCH3 is 2. The zero-order valence-electron chi connectivity index (χ0n) is 16.1. The maximum absolute atomic E-state index is 11.3. The summed E-state index contributed by atoms with van der Waals surface area (Å²) >= 11 is 3.41. The summed E-state index contributed by atoms with van der Waals surface area (Å²) in [4.78, 5) is 41.6. The van der Waals surface area contributed by atoms with Crippen LogP contribution in [0, 0.1) is 0 Å². The molecule has 0 fully saturated rings. The second-order valence-corrected chi connectivity index (χ2v) is 6.82. The number of nitrogens with two attached hydrogens (primary N) is 1. The van der Waals surface area contributed by atoms with Crippen LogP contribution in [0.4, 0.5) is 11.4 Å². The van der Waals surface area contributed by atoms with Gasteiger partial charge in [0.1, 0.15) is 12.2 Å². The second kappa shape index (κ2) is 11.3. The number of ether oxygens (including phenoxy) is 2. The Hall–Kier alpha value is -2.70. The van der Waals surface area contributed by atoms with Crippen LogP contribution in [0.15, 0.2) is 16.6 Å². The average molecular weight is 475 g/mol. The van der Waals surface area contributed by atoms with Crippen molar-refractivity contribution in [2.75, 3.05) is 24.9 Å². The molecule has 0 spiro atoms. The van der Waals surface area contributed by atoms with Gasteiger partial charge in [0.2, 0.25) is 0 Å². The third kappa shape index (κ3) is 7.68. The van der Waals surface area contributed by atoms with E-state index in [0.717, 1.165) is 21.4 Å². The summed E-state index contributed by atoms with van der Waals surface area (Å²) < 4.78 is 11.5. The Morgan fingerprint density at radius 3 is 2.21 bits per heavy atom. The van der Waals surface area contributed by atoms with Crippen molar-refractivity contribution in [3.8, 4) is 0 Å². The van der Waals surface area contributed by atoms with Crippen LogP contribution in [0.1, 0.15) is 18.9 Å². The summed E-state index contributed by atoms with van der Waals surface area (Å²) in [6.45, 7) is 1.39. The number of anilines is 2. The van der Waals surface area contributed by atoms with E-state index in [1.54, 1.807) is 14.2 Å². The van der Waals surface area contributed by atoms with Crippen LogP contribution >= 0.6 is 15.9 Å². The Kier molecular flexibility index (Phi) is 9.51. The van der Waals surface area contributed by atoms with E-state index in [1.165, 1.54) is 6.92 Å². The summed E-state index contributed by atoms with van der Waals surface area (Å²) in [5.41, 5.74) is 7.24. The Bertz CT molecular complexity index is 775. The van der Waals surface area contributed by atoms with Crippen LogP contribution in [-0.4, -0.2) is 55.3 Å². The Balaban J connectivity index is 0.000000516. The van der Waals surface area contributed by atoms with Gasteiger partial charge in [0.15, 0.2) is 12.5 Å². The lowest BCUT2D eigenvalue weighted by Gasteiger charge is -2.35. The quantitative estimate of drug-likeness (QED) is 0.288. The number of ketones is 1. The van der Waals surface area contributed by atoms with Gasteiger partial charge in [-0.15, -0.1) is 0 Å². The van der Waals surface area contributed by atoms with Gasteiger partial charge < -0.3 is 36.3 Å². The predicted octanol–water partition coefficient (Wildman–Crippen LogP) is 0.383. The molecule has 0 saturated heterocycles. The Morgan fingerprint density at radius 1 is 1.17 bits per heavy atom. The highest BCUT2D eigenvalue weighted by Crippen LogP contribution is 2.35. The normalized spacial score (nSPS) is 16.8. The molecular formula is C17H23BrN4O7. The first-order chi connectivity index (χ1) is 13.6. The number of rotatable bonds is 6. The number of carboxylic acid groups (broad SMARTS) is 1. The number of nitrogens with one attached hydrogen (secondary N) is 3. The van der Waals surface area contributed by atoms with Crippen molar-refractivity contribution in [3.63, 3.8) is 0 Å². The number of primary amides is 1. The Labute approximate surface area is 175 Å². The number of amides is 2. The minimum Gasteiger partial charge on any atom is -0.481 e. The van der Waals surface area contributed by atoms with Crippen molar-refractivity contribution >= 4 is 50.9 Å². The van der Waals surface area contributed by atoms with Crippen molar-refractivity contribution in [3.05, 3.63) is 22.2 Å². The number of hydrogen-bond donors (Lipinski definition) is 5. The molecule has 1 heterocycles. The number of hydrogen-bond acceptors (Lipinski definition) is 8. The number of halogens is 1. The standard InChI is InChI=1S/C13H17BrN4O4.C4H6O3/c1-21-12-13(22-2)18-9-6(5-16-11(20)10(15)19)3-7(14)4-8(9)17-12;1-3(5)2-4(6)7/h3-4,12-13,17-18H,5H2,1-2H3,(H2,15,19)(H,16,20);2H2,1H3,(H,6,7). The number of aliphatic carboxylic acids is 1. The molecule has 2 rings (SSSR count). The van der Waals surface area contributed by atoms with E-state index < -0.39 is 24.0 Å². The van der Waals surface area contributed by atoms with Crippen LogP contribution in [-0.2, 0) is 35.2 Å². The highest BCUT2D eigenvalue weighted by atomic mass is 79.9. The van der Waals surface area contributed by atoms with Gasteiger partial charge in [-0.25, -0.2) is 0 Å². The monoisotopic (exact) mass is 474 g/mol. The van der Waals surface area contributed by atoms with Gasteiger partial charge >= 0.3 is 17.8 Å². The molecule has 1 aromatic carbocycles. The average Bonchev–Trinajstić information content (AvgIpc) is 2.63. The van der Waals surface area contributed by atoms with Gasteiger partial charge in [-0.3, -0.25) is 19.2 Å². The van der Waals surface area contributed by atoms with Crippen LogP contribution in [0.2, 0.25) is 0 Å². The molecule has 11 nitrogen and oxygen atoms in total. The first-order valence-electron chi connectivity index (χ1n) is 8.29. The molecule has 2 atom stereocenters. The Morgan fingerprint density at radius 2 is 1.76 bits per heavy atom. The number of carbonyl (C=O) groups is 4. The number of carbonyl (C=O) groups excluding carboxylic acids is 3. The minimum absolute atomic E-state index is 0.145. The topological polar surface area (TPSA) is 169 Å². The van der Waals surface area contributed by atoms with Crippen LogP contribution in [0.25, 0.3) is 0 Å². The molecular weight excluding hydrogens is 452 g/mol. The minimum atomic E-state index is -1.06. The van der Waals surface area contributed by atoms with Gasteiger partial charge in [-0.2, -0.15) is 0 Å². The van der Waals surface area contributed by atoms with Crippen molar-refractivity contribution < 1.29 is 33.8 Å². The fraction of sp³-hybridized carbons (Fsp3) is 0.412. The van der Waals surface area contributed by atoms with Crippen molar-refractivity contribution in [1.29, 1.82) is 0 Å². The molecule has 1 aliphatic heterocycles. The van der Waals surface area contributed by atoms with E-state index in [-0.39, 0.29) is 25.0 Å². The number of fused-ring (bicyclic) bond motifs is 1. The van der Waals surface area contributed by atoms with Gasteiger partial charge in [-0.05, 0) is 24.6 Å². The molecule has 0 saturated carbocycles. The zero-order chi connectivity index (χ0) is 22.1. The van der Waals surface area contributed by atoms with Crippen LogP contribution in [0.5, 0.6) is 0 Å². The molecule has 1 aromatic rings. The van der Waals surface area contributed by atoms with Crippen molar-refractivity contribution in [2.45, 2.75) is 32.3 Å². The molecule has 29 heavy (non-hydrogen) atoms. The van der Waals surface area contributed by atoms with Crippen molar-refractivity contribution in [2.24, 2.45) is 5.73 Å². The molecule has 2 unspecified atom stereocenters. The molecule has 0 bridgehead atoms. The lowest BCUT2D eigenvalue weighted by molar-refractivity contribution is -0.139. The lowest BCUT2D eigenvalue weighted by atomic mass is 10.1. The summed E-state index contributed by atoms with van der Waals surface area (Å²) in [5.74, 6) is -3.24. The van der Waals surface area contributed by atoms with E-state index in [9.17, 15) is 19.2 Å². The molecule has 1 aliphatic rings. The first kappa shape index (κ1) is 24.3.